The Hall–Kier alpha value is -1.63. The average molecular weight is 273 g/mol. The van der Waals surface area contributed by atoms with Crippen LogP contribution < -0.4 is 16.0 Å². The van der Waals surface area contributed by atoms with Gasteiger partial charge in [0.05, 0.1) is 7.11 Å². The molecular weight excluding hydrogens is 250 g/mol. The van der Waals surface area contributed by atoms with E-state index in [1.54, 1.807) is 0 Å². The van der Waals surface area contributed by atoms with Crippen molar-refractivity contribution in [2.24, 2.45) is 0 Å². The molecule has 0 saturated heterocycles. The molecule has 0 aromatic carbocycles. The number of carbonyl (C=O) groups excluding carboxylic acids is 3. The Balaban J connectivity index is 3.89. The van der Waals surface area contributed by atoms with E-state index in [4.69, 9.17) is 0 Å². The van der Waals surface area contributed by atoms with Gasteiger partial charge >= 0.3 is 5.97 Å². The lowest BCUT2D eigenvalue weighted by Crippen LogP contribution is -2.47. The first-order valence-electron chi connectivity index (χ1n) is 6.33. The molecular formula is C12H23N3O4. The number of hydrogen-bond donors (Lipinski definition) is 3. The van der Waals surface area contributed by atoms with Gasteiger partial charge in [-0.2, -0.15) is 0 Å². The predicted octanol–water partition coefficient (Wildman–Crippen LogP) is -0.830. The Kier molecular flexibility index (Phi) is 9.42. The van der Waals surface area contributed by atoms with E-state index in [-0.39, 0.29) is 18.4 Å². The molecule has 0 aliphatic carbocycles. The summed E-state index contributed by atoms with van der Waals surface area (Å²) in [5, 5.41) is 8.16. The average Bonchev–Trinajstić information content (AvgIpc) is 2.38. The highest BCUT2D eigenvalue weighted by molar-refractivity contribution is 5.83. The first-order valence-corrected chi connectivity index (χ1v) is 6.33. The molecule has 0 radical (unpaired) electrons. The molecule has 0 bridgehead atoms. The minimum atomic E-state index is -0.735. The zero-order chi connectivity index (χ0) is 14.7. The van der Waals surface area contributed by atoms with Crippen molar-refractivity contribution in [3.63, 3.8) is 0 Å². The van der Waals surface area contributed by atoms with Crippen LogP contribution in [0.15, 0.2) is 0 Å². The van der Waals surface area contributed by atoms with Crippen LogP contribution in [0, 0.1) is 0 Å². The third-order valence-electron chi connectivity index (χ3n) is 2.31. The molecule has 19 heavy (non-hydrogen) atoms. The molecule has 1 atom stereocenters. The monoisotopic (exact) mass is 273 g/mol. The molecule has 0 heterocycles. The predicted molar refractivity (Wildman–Crippen MR) is 70.4 cm³/mol. The molecule has 110 valence electrons. The molecule has 0 aliphatic rings. The number of ether oxygens (including phenoxy) is 1. The first kappa shape index (κ1) is 17.4. The van der Waals surface area contributed by atoms with Crippen LogP contribution in [-0.4, -0.2) is 50.6 Å². The molecule has 0 aromatic rings. The van der Waals surface area contributed by atoms with Gasteiger partial charge in [0.25, 0.3) is 0 Å². The van der Waals surface area contributed by atoms with E-state index in [0.717, 1.165) is 6.42 Å². The zero-order valence-electron chi connectivity index (χ0n) is 11.7. The first-order chi connectivity index (χ1) is 9.01. The second-order valence-electron chi connectivity index (χ2n) is 4.08. The normalized spacial score (nSPS) is 11.5. The Bertz CT molecular complexity index is 307. The standard InChI is InChI=1S/C12H23N3O4/c1-4-6-14-11(17)5-7-13-8-10(12(18)19-3)15-9(2)16/h10,13H,4-8H2,1-3H3,(H,14,17)(H,15,16). The highest BCUT2D eigenvalue weighted by Gasteiger charge is 2.19. The molecule has 3 N–H and O–H groups in total. The van der Waals surface area contributed by atoms with Gasteiger partial charge in [-0.05, 0) is 6.42 Å². The summed E-state index contributed by atoms with van der Waals surface area (Å²) in [4.78, 5) is 33.6. The minimum Gasteiger partial charge on any atom is -0.467 e. The van der Waals surface area contributed by atoms with Crippen molar-refractivity contribution in [3.05, 3.63) is 0 Å². The van der Waals surface area contributed by atoms with Gasteiger partial charge < -0.3 is 20.7 Å². The van der Waals surface area contributed by atoms with Crippen molar-refractivity contribution in [3.8, 4) is 0 Å². The summed E-state index contributed by atoms with van der Waals surface area (Å²) < 4.78 is 4.57. The van der Waals surface area contributed by atoms with Crippen molar-refractivity contribution in [2.45, 2.75) is 32.7 Å². The Morgan fingerprint density at radius 3 is 2.42 bits per heavy atom. The number of carbonyl (C=O) groups is 3. The number of nitrogens with one attached hydrogen (secondary N) is 3. The molecule has 0 saturated carbocycles. The van der Waals surface area contributed by atoms with Crippen LogP contribution in [0.5, 0.6) is 0 Å². The molecule has 0 aromatic heterocycles. The van der Waals surface area contributed by atoms with Gasteiger partial charge in [-0.1, -0.05) is 6.92 Å². The lowest BCUT2D eigenvalue weighted by Gasteiger charge is -2.16. The Morgan fingerprint density at radius 1 is 1.21 bits per heavy atom. The van der Waals surface area contributed by atoms with Crippen LogP contribution in [0.25, 0.3) is 0 Å². The van der Waals surface area contributed by atoms with Crippen molar-refractivity contribution in [1.82, 2.24) is 16.0 Å². The molecule has 2 amide bonds. The minimum absolute atomic E-state index is 0.0384. The van der Waals surface area contributed by atoms with Crippen LogP contribution in [0.1, 0.15) is 26.7 Å². The number of rotatable bonds is 9. The topological polar surface area (TPSA) is 96.5 Å². The van der Waals surface area contributed by atoms with E-state index in [0.29, 0.717) is 19.5 Å². The molecule has 0 spiro atoms. The van der Waals surface area contributed by atoms with Crippen molar-refractivity contribution in [2.75, 3.05) is 26.7 Å². The maximum absolute atomic E-state index is 11.4. The van der Waals surface area contributed by atoms with E-state index in [9.17, 15) is 14.4 Å². The van der Waals surface area contributed by atoms with Gasteiger partial charge in [0, 0.05) is 33.0 Å². The summed E-state index contributed by atoms with van der Waals surface area (Å²) in [6, 6.07) is -0.735. The quantitative estimate of drug-likeness (QED) is 0.376. The largest absolute Gasteiger partial charge is 0.467 e. The smallest absolute Gasteiger partial charge is 0.329 e. The third-order valence-corrected chi connectivity index (χ3v) is 2.31. The van der Waals surface area contributed by atoms with Gasteiger partial charge in [0.1, 0.15) is 6.04 Å². The van der Waals surface area contributed by atoms with Crippen LogP contribution >= 0.6 is 0 Å². The maximum Gasteiger partial charge on any atom is 0.329 e. The summed E-state index contributed by atoms with van der Waals surface area (Å²) in [5.41, 5.74) is 0. The molecule has 0 aliphatic heterocycles. The van der Waals surface area contributed by atoms with E-state index in [1.807, 2.05) is 6.92 Å². The van der Waals surface area contributed by atoms with E-state index in [1.165, 1.54) is 14.0 Å². The fourth-order valence-corrected chi connectivity index (χ4v) is 1.38. The molecule has 7 nitrogen and oxygen atoms in total. The van der Waals surface area contributed by atoms with Crippen molar-refractivity contribution >= 4 is 17.8 Å². The number of amides is 2. The Morgan fingerprint density at radius 2 is 1.89 bits per heavy atom. The van der Waals surface area contributed by atoms with Crippen molar-refractivity contribution in [1.29, 1.82) is 0 Å². The van der Waals surface area contributed by atoms with Gasteiger partial charge in [0.15, 0.2) is 0 Å². The second-order valence-corrected chi connectivity index (χ2v) is 4.08. The molecule has 7 heteroatoms. The SMILES string of the molecule is CCCNC(=O)CCNCC(NC(C)=O)C(=O)OC. The summed E-state index contributed by atoms with van der Waals surface area (Å²) in [7, 11) is 1.26. The maximum atomic E-state index is 11.4. The van der Waals surface area contributed by atoms with Crippen LogP contribution in [0.2, 0.25) is 0 Å². The van der Waals surface area contributed by atoms with Gasteiger partial charge in [0.2, 0.25) is 11.8 Å². The Labute approximate surface area is 113 Å². The number of esters is 1. The van der Waals surface area contributed by atoms with Gasteiger partial charge in [-0.15, -0.1) is 0 Å². The summed E-state index contributed by atoms with van der Waals surface area (Å²) in [6.45, 7) is 4.63. The fourth-order valence-electron chi connectivity index (χ4n) is 1.38. The van der Waals surface area contributed by atoms with E-state index >= 15 is 0 Å². The summed E-state index contributed by atoms with van der Waals surface area (Å²) >= 11 is 0. The molecule has 0 fully saturated rings. The molecule has 1 unspecified atom stereocenters. The van der Waals surface area contributed by atoms with Gasteiger partial charge in [-0.3, -0.25) is 9.59 Å². The van der Waals surface area contributed by atoms with E-state index < -0.39 is 12.0 Å². The van der Waals surface area contributed by atoms with Gasteiger partial charge in [-0.25, -0.2) is 4.79 Å². The fraction of sp³-hybridized carbons (Fsp3) is 0.750. The number of hydrogen-bond acceptors (Lipinski definition) is 5. The highest BCUT2D eigenvalue weighted by Crippen LogP contribution is 1.88. The zero-order valence-corrected chi connectivity index (χ0v) is 11.7. The lowest BCUT2D eigenvalue weighted by atomic mass is 10.2. The van der Waals surface area contributed by atoms with Crippen LogP contribution in [0.4, 0.5) is 0 Å². The van der Waals surface area contributed by atoms with Crippen molar-refractivity contribution < 1.29 is 19.1 Å². The van der Waals surface area contributed by atoms with Crippen LogP contribution in [-0.2, 0) is 19.1 Å². The summed E-state index contributed by atoms with van der Waals surface area (Å²) in [5.74, 6) is -0.862. The number of methoxy groups -OCH3 is 1. The summed E-state index contributed by atoms with van der Waals surface area (Å²) in [6.07, 6.45) is 1.22. The molecule has 0 rings (SSSR count). The highest BCUT2D eigenvalue weighted by atomic mass is 16.5. The van der Waals surface area contributed by atoms with Crippen LogP contribution in [0.3, 0.4) is 0 Å². The van der Waals surface area contributed by atoms with E-state index in [2.05, 4.69) is 20.7 Å². The third kappa shape index (κ3) is 9.01. The lowest BCUT2D eigenvalue weighted by molar-refractivity contribution is -0.144. The second kappa shape index (κ2) is 10.3.